The summed E-state index contributed by atoms with van der Waals surface area (Å²) in [6.07, 6.45) is 0. The Bertz CT molecular complexity index is 938. The Morgan fingerprint density at radius 2 is 1.36 bits per heavy atom. The molecule has 3 heteroatoms. The van der Waals surface area contributed by atoms with Crippen LogP contribution >= 0.6 is 12.0 Å². The predicted molar refractivity (Wildman–Crippen MR) is 107 cm³/mol. The molecule has 0 bridgehead atoms. The van der Waals surface area contributed by atoms with Crippen molar-refractivity contribution in [2.24, 2.45) is 0 Å². The fraction of sp³-hybridized carbons (Fsp3) is 0.273. The van der Waals surface area contributed by atoms with Gasteiger partial charge in [0.25, 0.3) is 0 Å². The molecule has 2 nitrogen and oxygen atoms in total. The van der Waals surface area contributed by atoms with Crippen molar-refractivity contribution in [2.75, 3.05) is 0 Å². The Balaban J connectivity index is 1.79. The van der Waals surface area contributed by atoms with Crippen LogP contribution < -0.4 is 0 Å². The van der Waals surface area contributed by atoms with Crippen LogP contribution in [0.1, 0.15) is 27.7 Å². The van der Waals surface area contributed by atoms with E-state index in [0.29, 0.717) is 0 Å². The van der Waals surface area contributed by atoms with Gasteiger partial charge in [-0.25, -0.2) is 0 Å². The fourth-order valence-corrected chi connectivity index (χ4v) is 4.00. The molecule has 0 aliphatic heterocycles. The summed E-state index contributed by atoms with van der Waals surface area (Å²) in [5, 5.41) is 10.8. The first kappa shape index (κ1) is 16.6. The molecule has 0 aromatic heterocycles. The van der Waals surface area contributed by atoms with Crippen molar-refractivity contribution in [3.05, 3.63) is 54.6 Å². The zero-order chi connectivity index (χ0) is 17.8. The van der Waals surface area contributed by atoms with E-state index in [0.717, 1.165) is 4.90 Å². The van der Waals surface area contributed by atoms with E-state index < -0.39 is 11.2 Å². The minimum absolute atomic E-state index is 0.552. The van der Waals surface area contributed by atoms with Crippen molar-refractivity contribution in [1.82, 2.24) is 0 Å². The van der Waals surface area contributed by atoms with E-state index in [1.165, 1.54) is 45.1 Å². The number of rotatable bonds is 4. The summed E-state index contributed by atoms with van der Waals surface area (Å²) in [6, 6.07) is 19.4. The van der Waals surface area contributed by atoms with E-state index in [2.05, 4.69) is 54.6 Å². The molecule has 0 spiro atoms. The van der Waals surface area contributed by atoms with Crippen molar-refractivity contribution in [2.45, 2.75) is 43.8 Å². The zero-order valence-corrected chi connectivity index (χ0v) is 15.8. The highest BCUT2D eigenvalue weighted by Gasteiger charge is 2.41. The van der Waals surface area contributed by atoms with Gasteiger partial charge in [-0.15, -0.1) is 0 Å². The lowest BCUT2D eigenvalue weighted by molar-refractivity contribution is -0.0813. The van der Waals surface area contributed by atoms with Gasteiger partial charge in [-0.05, 0) is 52.9 Å². The Morgan fingerprint density at radius 1 is 0.760 bits per heavy atom. The molecule has 1 aliphatic rings. The lowest BCUT2D eigenvalue weighted by Gasteiger charge is -2.32. The van der Waals surface area contributed by atoms with Gasteiger partial charge >= 0.3 is 0 Å². The molecule has 0 saturated carbocycles. The van der Waals surface area contributed by atoms with Crippen LogP contribution in [-0.2, 0) is 4.18 Å². The van der Waals surface area contributed by atoms with Gasteiger partial charge in [0.1, 0.15) is 0 Å². The van der Waals surface area contributed by atoms with Gasteiger partial charge in [-0.3, -0.25) is 4.18 Å². The highest BCUT2D eigenvalue weighted by atomic mass is 32.2. The largest absolute Gasteiger partial charge is 0.439 e. The van der Waals surface area contributed by atoms with Crippen LogP contribution in [0.15, 0.2) is 59.5 Å². The number of fused-ring (bicyclic) bond motifs is 3. The van der Waals surface area contributed by atoms with Gasteiger partial charge in [0, 0.05) is 30.8 Å². The molecule has 0 fully saturated rings. The Morgan fingerprint density at radius 3 is 2.00 bits per heavy atom. The minimum Gasteiger partial charge on any atom is -0.439 e. The van der Waals surface area contributed by atoms with Gasteiger partial charge in [-0.1, -0.05) is 48.5 Å². The molecule has 4 rings (SSSR count). The van der Waals surface area contributed by atoms with Crippen LogP contribution in [0.4, 0.5) is 0 Å². The van der Waals surface area contributed by atoms with E-state index in [1.807, 2.05) is 27.7 Å². The molecule has 25 heavy (non-hydrogen) atoms. The molecule has 0 saturated heterocycles. The summed E-state index contributed by atoms with van der Waals surface area (Å²) >= 11 is 1.39. The molecule has 0 amide bonds. The van der Waals surface area contributed by atoms with Crippen molar-refractivity contribution < 1.29 is 9.29 Å². The number of hydrogen-bond acceptors (Lipinski definition) is 2. The highest BCUT2D eigenvalue weighted by Crippen LogP contribution is 2.49. The maximum atomic E-state index is 8.29. The van der Waals surface area contributed by atoms with Crippen LogP contribution in [0.25, 0.3) is 33.0 Å². The third-order valence-electron chi connectivity index (χ3n) is 5.35. The standard InChI is InChI=1S/C22H22O2S/c1-21(2,23)22(3,4)24-25-19-13-12-17-15-9-6-5-8-14(15)16-10-7-11-18(19)20(16)17/h5-13,23H,1-4H3/p+1. The highest BCUT2D eigenvalue weighted by molar-refractivity contribution is 7.95. The van der Waals surface area contributed by atoms with Crippen LogP contribution in [0, 0.1) is 0 Å². The third-order valence-corrected chi connectivity index (χ3v) is 6.39. The van der Waals surface area contributed by atoms with Crippen LogP contribution in [0.3, 0.4) is 0 Å². The molecule has 0 atom stereocenters. The second-order valence-corrected chi connectivity index (χ2v) is 8.46. The van der Waals surface area contributed by atoms with Gasteiger partial charge < -0.3 is 5.11 Å². The molecule has 0 heterocycles. The summed E-state index contributed by atoms with van der Waals surface area (Å²) in [7, 11) is 0. The second-order valence-electron chi connectivity index (χ2n) is 7.69. The van der Waals surface area contributed by atoms with Crippen molar-refractivity contribution in [3.63, 3.8) is 0 Å². The molecular weight excluding hydrogens is 328 g/mol. The van der Waals surface area contributed by atoms with E-state index >= 15 is 0 Å². The smallest absolute Gasteiger partial charge is 0.187 e. The van der Waals surface area contributed by atoms with E-state index in [-0.39, 0.29) is 0 Å². The van der Waals surface area contributed by atoms with Crippen molar-refractivity contribution in [3.8, 4) is 22.3 Å². The van der Waals surface area contributed by atoms with Gasteiger partial charge in [0.2, 0.25) is 0 Å². The summed E-state index contributed by atoms with van der Waals surface area (Å²) in [4.78, 5) is 1.10. The Hall–Kier alpha value is -1.81. The SMILES string of the molecule is CC(C)([OH2+])C(C)(C)OSc1ccc2c3c(cccc13)-c1ccccc1-2. The van der Waals surface area contributed by atoms with E-state index in [9.17, 15) is 0 Å². The normalized spacial score (nSPS) is 13.3. The first-order valence-electron chi connectivity index (χ1n) is 8.56. The van der Waals surface area contributed by atoms with E-state index in [4.69, 9.17) is 9.29 Å². The first-order chi connectivity index (χ1) is 11.8. The molecule has 2 N–H and O–H groups in total. The molecule has 1 aliphatic carbocycles. The summed E-state index contributed by atoms with van der Waals surface area (Å²) < 4.78 is 6.09. The van der Waals surface area contributed by atoms with Gasteiger partial charge in [0.05, 0.1) is 0 Å². The second kappa shape index (κ2) is 5.60. The minimum atomic E-state index is -0.675. The fourth-order valence-electron chi connectivity index (χ4n) is 3.11. The molecule has 0 radical (unpaired) electrons. The quantitative estimate of drug-likeness (QED) is 0.344. The van der Waals surface area contributed by atoms with E-state index in [1.54, 1.807) is 0 Å². The number of hydrogen-bond donors (Lipinski definition) is 0. The maximum Gasteiger partial charge on any atom is 0.187 e. The molecule has 3 aromatic carbocycles. The monoisotopic (exact) mass is 351 g/mol. The van der Waals surface area contributed by atoms with Crippen LogP contribution in [0.5, 0.6) is 0 Å². The summed E-state index contributed by atoms with van der Waals surface area (Å²) in [5.74, 6) is 0. The van der Waals surface area contributed by atoms with Gasteiger partial charge in [0.15, 0.2) is 11.2 Å². The molecule has 128 valence electrons. The first-order valence-corrected chi connectivity index (χ1v) is 9.30. The van der Waals surface area contributed by atoms with Gasteiger partial charge in [-0.2, -0.15) is 0 Å². The lowest BCUT2D eigenvalue weighted by Crippen LogP contribution is -2.45. The molecular formula is C22H23O2S+. The summed E-state index contributed by atoms with van der Waals surface area (Å²) in [5.41, 5.74) is 3.97. The summed E-state index contributed by atoms with van der Waals surface area (Å²) in [6.45, 7) is 7.72. The maximum absolute atomic E-state index is 8.29. The van der Waals surface area contributed by atoms with Crippen LogP contribution in [0.2, 0.25) is 0 Å². The Labute approximate surface area is 153 Å². The van der Waals surface area contributed by atoms with Crippen molar-refractivity contribution >= 4 is 22.8 Å². The molecule has 0 unspecified atom stereocenters. The number of benzene rings is 3. The van der Waals surface area contributed by atoms with Crippen molar-refractivity contribution in [1.29, 1.82) is 0 Å². The predicted octanol–water partition coefficient (Wildman–Crippen LogP) is 5.79. The average Bonchev–Trinajstić information content (AvgIpc) is 2.90. The lowest BCUT2D eigenvalue weighted by atomic mass is 9.90. The third kappa shape index (κ3) is 2.58. The van der Waals surface area contributed by atoms with Crippen LogP contribution in [-0.4, -0.2) is 16.3 Å². The Kier molecular flexibility index (Phi) is 3.73. The molecule has 3 aromatic rings. The average molecular weight is 351 g/mol. The topological polar surface area (TPSA) is 32.1 Å². The zero-order valence-electron chi connectivity index (χ0n) is 15.0.